The Labute approximate surface area is 106 Å². The Bertz CT molecular complexity index is 571. The van der Waals surface area contributed by atoms with Gasteiger partial charge < -0.3 is 4.84 Å². The van der Waals surface area contributed by atoms with Gasteiger partial charge in [0.15, 0.2) is 0 Å². The minimum atomic E-state index is 0.267. The molecule has 0 heterocycles. The Hall–Kier alpha value is -2.60. The summed E-state index contributed by atoms with van der Waals surface area (Å²) in [7, 11) is 0. The van der Waals surface area contributed by atoms with Crippen LogP contribution in [-0.2, 0) is 11.4 Å². The standard InChI is InChI=1S/C15H11N2O/c16-10-14-8-4-5-9-15(14)12-18-17-11-13-6-2-1-3-7-13/h1-9H,12H2. The molecule has 0 saturated heterocycles. The van der Waals surface area contributed by atoms with Gasteiger partial charge in [0.1, 0.15) is 12.8 Å². The monoisotopic (exact) mass is 235 g/mol. The summed E-state index contributed by atoms with van der Waals surface area (Å²) in [6, 6.07) is 18.9. The van der Waals surface area contributed by atoms with Crippen LogP contribution < -0.4 is 0 Å². The van der Waals surface area contributed by atoms with Gasteiger partial charge in [-0.1, -0.05) is 53.7 Å². The van der Waals surface area contributed by atoms with Crippen LogP contribution in [0.1, 0.15) is 16.7 Å². The molecule has 0 aliphatic heterocycles. The van der Waals surface area contributed by atoms with E-state index >= 15 is 0 Å². The van der Waals surface area contributed by atoms with Gasteiger partial charge in [-0.05, 0) is 6.07 Å². The molecule has 2 aromatic rings. The summed E-state index contributed by atoms with van der Waals surface area (Å²) in [5.74, 6) is 0. The van der Waals surface area contributed by atoms with Crippen molar-refractivity contribution in [1.29, 1.82) is 5.26 Å². The first kappa shape index (κ1) is 11.9. The van der Waals surface area contributed by atoms with Crippen LogP contribution in [0.4, 0.5) is 0 Å². The summed E-state index contributed by atoms with van der Waals surface area (Å²) in [6.45, 7) is 0.267. The maximum atomic E-state index is 8.90. The summed E-state index contributed by atoms with van der Waals surface area (Å²) in [5.41, 5.74) is 2.28. The predicted molar refractivity (Wildman–Crippen MR) is 68.9 cm³/mol. The minimum Gasteiger partial charge on any atom is -0.390 e. The zero-order valence-electron chi connectivity index (χ0n) is 9.71. The van der Waals surface area contributed by atoms with Crippen molar-refractivity contribution in [3.8, 4) is 6.07 Å². The van der Waals surface area contributed by atoms with Crippen molar-refractivity contribution in [2.24, 2.45) is 5.16 Å². The molecule has 3 heteroatoms. The third kappa shape index (κ3) is 3.19. The second kappa shape index (κ2) is 6.21. The highest BCUT2D eigenvalue weighted by Gasteiger charge is 1.99. The highest BCUT2D eigenvalue weighted by molar-refractivity contribution is 5.78. The summed E-state index contributed by atoms with van der Waals surface area (Å²) >= 11 is 0. The number of benzene rings is 2. The lowest BCUT2D eigenvalue weighted by Gasteiger charge is -2.01. The van der Waals surface area contributed by atoms with E-state index in [1.807, 2.05) is 48.5 Å². The van der Waals surface area contributed by atoms with Gasteiger partial charge in [-0.15, -0.1) is 0 Å². The van der Waals surface area contributed by atoms with Crippen molar-refractivity contribution in [1.82, 2.24) is 0 Å². The first-order chi connectivity index (χ1) is 8.90. The smallest absolute Gasteiger partial charge is 0.143 e. The highest BCUT2D eigenvalue weighted by Crippen LogP contribution is 2.08. The molecular weight excluding hydrogens is 224 g/mol. The van der Waals surface area contributed by atoms with Gasteiger partial charge >= 0.3 is 0 Å². The van der Waals surface area contributed by atoms with E-state index in [2.05, 4.69) is 17.4 Å². The van der Waals surface area contributed by atoms with E-state index in [0.29, 0.717) is 5.56 Å². The van der Waals surface area contributed by atoms with Gasteiger partial charge in [0.05, 0.1) is 11.6 Å². The van der Waals surface area contributed by atoms with E-state index < -0.39 is 0 Å². The molecule has 1 radical (unpaired) electrons. The topological polar surface area (TPSA) is 45.4 Å². The number of rotatable bonds is 4. The van der Waals surface area contributed by atoms with Crippen molar-refractivity contribution in [3.05, 3.63) is 71.3 Å². The maximum absolute atomic E-state index is 8.90. The fourth-order valence-corrected chi connectivity index (χ4v) is 1.45. The molecule has 0 unspecified atom stereocenters. The van der Waals surface area contributed by atoms with Crippen LogP contribution in [0.3, 0.4) is 0 Å². The van der Waals surface area contributed by atoms with Crippen LogP contribution in [0.25, 0.3) is 0 Å². The first-order valence-electron chi connectivity index (χ1n) is 5.51. The van der Waals surface area contributed by atoms with Crippen LogP contribution in [0.15, 0.2) is 59.8 Å². The second-order valence-electron chi connectivity index (χ2n) is 3.61. The average Bonchev–Trinajstić information content (AvgIpc) is 2.45. The van der Waals surface area contributed by atoms with E-state index in [4.69, 9.17) is 10.1 Å². The van der Waals surface area contributed by atoms with E-state index in [1.54, 1.807) is 6.07 Å². The molecule has 0 amide bonds. The average molecular weight is 235 g/mol. The fraction of sp³-hybridized carbons (Fsp3) is 0.0667. The molecule has 2 aromatic carbocycles. The van der Waals surface area contributed by atoms with Crippen LogP contribution in [0, 0.1) is 11.3 Å². The molecule has 0 bridgehead atoms. The fourth-order valence-electron chi connectivity index (χ4n) is 1.45. The SMILES string of the molecule is N#Cc1ccccc1CO/N=[C]\c1ccccc1. The van der Waals surface area contributed by atoms with E-state index in [9.17, 15) is 0 Å². The first-order valence-corrected chi connectivity index (χ1v) is 5.51. The highest BCUT2D eigenvalue weighted by atomic mass is 16.6. The van der Waals surface area contributed by atoms with Crippen molar-refractivity contribution < 1.29 is 4.84 Å². The molecule has 0 N–H and O–H groups in total. The van der Waals surface area contributed by atoms with Gasteiger partial charge in [0.2, 0.25) is 0 Å². The van der Waals surface area contributed by atoms with Gasteiger partial charge in [-0.3, -0.25) is 0 Å². The minimum absolute atomic E-state index is 0.267. The molecular formula is C15H11N2O. The number of nitriles is 1. The number of hydrogen-bond acceptors (Lipinski definition) is 3. The van der Waals surface area contributed by atoms with E-state index in [0.717, 1.165) is 11.1 Å². The van der Waals surface area contributed by atoms with Crippen LogP contribution >= 0.6 is 0 Å². The summed E-state index contributed by atoms with van der Waals surface area (Å²) in [5, 5.41) is 12.7. The summed E-state index contributed by atoms with van der Waals surface area (Å²) in [4.78, 5) is 5.13. The zero-order valence-corrected chi connectivity index (χ0v) is 9.71. The number of hydrogen-bond donors (Lipinski definition) is 0. The quantitative estimate of drug-likeness (QED) is 0.604. The Morgan fingerprint density at radius 3 is 2.50 bits per heavy atom. The normalized spacial score (nSPS) is 10.2. The maximum Gasteiger partial charge on any atom is 0.143 e. The lowest BCUT2D eigenvalue weighted by atomic mass is 10.1. The molecule has 0 aliphatic carbocycles. The molecule has 87 valence electrons. The Morgan fingerprint density at radius 2 is 1.72 bits per heavy atom. The summed E-state index contributed by atoms with van der Waals surface area (Å²) < 4.78 is 0. The Kier molecular flexibility index (Phi) is 4.10. The van der Waals surface area contributed by atoms with Crippen molar-refractivity contribution in [2.75, 3.05) is 0 Å². The largest absolute Gasteiger partial charge is 0.390 e. The van der Waals surface area contributed by atoms with Gasteiger partial charge in [0, 0.05) is 11.1 Å². The molecule has 0 aliphatic rings. The lowest BCUT2D eigenvalue weighted by molar-refractivity contribution is 0.132. The third-order valence-electron chi connectivity index (χ3n) is 2.37. The summed E-state index contributed by atoms with van der Waals surface area (Å²) in [6.07, 6.45) is 2.77. The lowest BCUT2D eigenvalue weighted by Crippen LogP contribution is -1.91. The van der Waals surface area contributed by atoms with Crippen molar-refractivity contribution in [3.63, 3.8) is 0 Å². The van der Waals surface area contributed by atoms with Crippen LogP contribution in [-0.4, -0.2) is 6.21 Å². The zero-order chi connectivity index (χ0) is 12.6. The molecule has 0 atom stereocenters. The van der Waals surface area contributed by atoms with Crippen LogP contribution in [0.2, 0.25) is 0 Å². The van der Waals surface area contributed by atoms with E-state index in [-0.39, 0.29) is 6.61 Å². The molecule has 0 fully saturated rings. The van der Waals surface area contributed by atoms with E-state index in [1.165, 1.54) is 0 Å². The molecule has 3 nitrogen and oxygen atoms in total. The van der Waals surface area contributed by atoms with Crippen LogP contribution in [0.5, 0.6) is 0 Å². The number of nitrogens with zero attached hydrogens (tertiary/aromatic N) is 2. The molecule has 0 spiro atoms. The predicted octanol–water partition coefficient (Wildman–Crippen LogP) is 2.99. The van der Waals surface area contributed by atoms with Crippen molar-refractivity contribution in [2.45, 2.75) is 6.61 Å². The molecule has 0 aromatic heterocycles. The molecule has 18 heavy (non-hydrogen) atoms. The van der Waals surface area contributed by atoms with Crippen molar-refractivity contribution >= 4 is 6.21 Å². The molecule has 2 rings (SSSR count). The van der Waals surface area contributed by atoms with Gasteiger partial charge in [0.25, 0.3) is 0 Å². The Balaban J connectivity index is 1.93. The van der Waals surface area contributed by atoms with Gasteiger partial charge in [-0.2, -0.15) is 5.26 Å². The second-order valence-corrected chi connectivity index (χ2v) is 3.61. The van der Waals surface area contributed by atoms with Gasteiger partial charge in [-0.25, -0.2) is 0 Å². The molecule has 0 saturated carbocycles. The third-order valence-corrected chi connectivity index (χ3v) is 2.37. The Morgan fingerprint density at radius 1 is 1.00 bits per heavy atom.